The molecule has 1 fully saturated rings. The van der Waals surface area contributed by atoms with Gasteiger partial charge in [-0.1, -0.05) is 0 Å². The lowest BCUT2D eigenvalue weighted by atomic mass is 10.1. The van der Waals surface area contributed by atoms with Crippen molar-refractivity contribution in [3.8, 4) is 0 Å². The predicted molar refractivity (Wildman–Crippen MR) is 63.9 cm³/mol. The maximum atomic E-state index is 12.1. The van der Waals surface area contributed by atoms with Crippen LogP contribution in [0.15, 0.2) is 28.7 Å². The van der Waals surface area contributed by atoms with Crippen molar-refractivity contribution in [3.05, 3.63) is 35.6 Å². The molecule has 2 heterocycles. The molecule has 1 saturated heterocycles. The molecular weight excluding hydrogens is 234 g/mol. The minimum absolute atomic E-state index is 0.165. The fourth-order valence-corrected chi connectivity index (χ4v) is 2.07. The first-order valence-corrected chi connectivity index (χ1v) is 5.76. The van der Waals surface area contributed by atoms with E-state index < -0.39 is 6.10 Å². The van der Waals surface area contributed by atoms with Gasteiger partial charge in [-0.2, -0.15) is 0 Å². The Kier molecular flexibility index (Phi) is 2.57. The Labute approximate surface area is 104 Å². The normalized spacial score (nSPS) is 19.7. The molecule has 5 nitrogen and oxygen atoms in total. The van der Waals surface area contributed by atoms with Gasteiger partial charge in [0.2, 0.25) is 0 Å². The van der Waals surface area contributed by atoms with E-state index in [-0.39, 0.29) is 19.1 Å². The van der Waals surface area contributed by atoms with Gasteiger partial charge in [0, 0.05) is 10.9 Å². The molecule has 2 aromatic rings. The van der Waals surface area contributed by atoms with E-state index in [1.807, 2.05) is 13.0 Å². The number of aliphatic hydroxyl groups is 1. The minimum atomic E-state index is -0.603. The second-order valence-electron chi connectivity index (χ2n) is 4.43. The molecule has 5 heteroatoms. The number of carbonyl (C=O) groups excluding carboxylic acids is 1. The number of furan rings is 1. The molecule has 18 heavy (non-hydrogen) atoms. The van der Waals surface area contributed by atoms with E-state index >= 15 is 0 Å². The molecule has 1 N–H and O–H groups in total. The van der Waals surface area contributed by atoms with Gasteiger partial charge in [-0.05, 0) is 31.2 Å². The zero-order valence-electron chi connectivity index (χ0n) is 9.92. The summed E-state index contributed by atoms with van der Waals surface area (Å²) in [5.74, 6) is 0.565. The summed E-state index contributed by atoms with van der Waals surface area (Å²) in [4.78, 5) is 17.2. The summed E-state index contributed by atoms with van der Waals surface area (Å²) < 4.78 is 5.45. The van der Waals surface area contributed by atoms with Crippen LogP contribution in [0.1, 0.15) is 16.1 Å². The predicted octanol–water partition coefficient (Wildman–Crippen LogP) is 1.49. The van der Waals surface area contributed by atoms with Crippen molar-refractivity contribution in [2.45, 2.75) is 13.0 Å². The Balaban J connectivity index is 1.91. The largest absolute Gasteiger partial charge is 0.461 e. The van der Waals surface area contributed by atoms with Crippen LogP contribution in [0, 0.1) is 6.92 Å². The van der Waals surface area contributed by atoms with Crippen LogP contribution in [0.2, 0.25) is 0 Å². The van der Waals surface area contributed by atoms with Gasteiger partial charge < -0.3 is 9.52 Å². The number of benzene rings is 1. The molecule has 3 rings (SSSR count). The number of aliphatic hydroxyl groups excluding tert-OH is 1. The van der Waals surface area contributed by atoms with Crippen molar-refractivity contribution in [2.24, 2.45) is 0 Å². The van der Waals surface area contributed by atoms with E-state index in [4.69, 9.17) is 9.25 Å². The van der Waals surface area contributed by atoms with Gasteiger partial charge in [-0.3, -0.25) is 9.63 Å². The summed E-state index contributed by atoms with van der Waals surface area (Å²) in [7, 11) is 0. The highest BCUT2D eigenvalue weighted by atomic mass is 16.7. The van der Waals surface area contributed by atoms with Crippen LogP contribution < -0.4 is 0 Å². The Morgan fingerprint density at radius 1 is 1.44 bits per heavy atom. The Bertz CT molecular complexity index is 604. The summed E-state index contributed by atoms with van der Waals surface area (Å²) in [6, 6.07) is 7.11. The maximum absolute atomic E-state index is 12.1. The lowest BCUT2D eigenvalue weighted by Gasteiger charge is -2.13. The molecule has 1 aromatic heterocycles. The number of hydroxylamine groups is 2. The van der Waals surface area contributed by atoms with E-state index in [1.54, 1.807) is 18.2 Å². The van der Waals surface area contributed by atoms with Crippen LogP contribution in [0.4, 0.5) is 0 Å². The number of fused-ring (bicyclic) bond motifs is 1. The highest BCUT2D eigenvalue weighted by Crippen LogP contribution is 2.21. The standard InChI is InChI=1S/C13H13NO4/c1-8-4-10-5-9(2-3-12(10)18-8)13(16)14-6-11(15)7-17-14/h2-5,11,15H,6-7H2,1H3/t11-/m1/s1. The second-order valence-corrected chi connectivity index (χ2v) is 4.43. The van der Waals surface area contributed by atoms with E-state index in [0.717, 1.165) is 16.7 Å². The SMILES string of the molecule is Cc1cc2cc(C(=O)N3C[C@@H](O)CO3)ccc2o1. The van der Waals surface area contributed by atoms with Crippen molar-refractivity contribution in [2.75, 3.05) is 13.2 Å². The van der Waals surface area contributed by atoms with Crippen LogP contribution in [-0.4, -0.2) is 35.3 Å². The van der Waals surface area contributed by atoms with Gasteiger partial charge in [0.05, 0.1) is 6.54 Å². The lowest BCUT2D eigenvalue weighted by molar-refractivity contribution is -0.0779. The highest BCUT2D eigenvalue weighted by Gasteiger charge is 2.27. The molecule has 1 aliphatic rings. The quantitative estimate of drug-likeness (QED) is 0.829. The summed E-state index contributed by atoms with van der Waals surface area (Å²) in [6.07, 6.45) is -0.603. The van der Waals surface area contributed by atoms with E-state index in [0.29, 0.717) is 5.56 Å². The number of aryl methyl sites for hydroxylation is 1. The molecule has 0 radical (unpaired) electrons. The molecule has 1 atom stereocenters. The number of β-amino-alcohol motifs (C(OH)–C–C–N with tert-alkyl or cyclic N) is 1. The smallest absolute Gasteiger partial charge is 0.277 e. The van der Waals surface area contributed by atoms with Crippen LogP contribution in [-0.2, 0) is 4.84 Å². The number of amides is 1. The topological polar surface area (TPSA) is 62.9 Å². The van der Waals surface area contributed by atoms with Crippen molar-refractivity contribution in [3.63, 3.8) is 0 Å². The van der Waals surface area contributed by atoms with Gasteiger partial charge in [0.1, 0.15) is 24.1 Å². The molecule has 0 spiro atoms. The van der Waals surface area contributed by atoms with Gasteiger partial charge >= 0.3 is 0 Å². The van der Waals surface area contributed by atoms with E-state index in [1.165, 1.54) is 5.06 Å². The van der Waals surface area contributed by atoms with E-state index in [2.05, 4.69) is 0 Å². The average molecular weight is 247 g/mol. The van der Waals surface area contributed by atoms with Crippen molar-refractivity contribution in [1.29, 1.82) is 0 Å². The van der Waals surface area contributed by atoms with Crippen LogP contribution in [0.5, 0.6) is 0 Å². The fraction of sp³-hybridized carbons (Fsp3) is 0.308. The molecule has 1 aliphatic heterocycles. The maximum Gasteiger partial charge on any atom is 0.277 e. The third-order valence-corrected chi connectivity index (χ3v) is 2.91. The van der Waals surface area contributed by atoms with Gasteiger partial charge in [-0.15, -0.1) is 0 Å². The van der Waals surface area contributed by atoms with E-state index in [9.17, 15) is 9.90 Å². The Morgan fingerprint density at radius 2 is 2.28 bits per heavy atom. The summed E-state index contributed by atoms with van der Waals surface area (Å²) >= 11 is 0. The first-order chi connectivity index (χ1) is 8.63. The lowest BCUT2D eigenvalue weighted by Crippen LogP contribution is -2.28. The molecule has 0 saturated carbocycles. The van der Waals surface area contributed by atoms with Crippen LogP contribution >= 0.6 is 0 Å². The second kappa shape index (κ2) is 4.12. The van der Waals surface area contributed by atoms with Gasteiger partial charge in [-0.25, -0.2) is 5.06 Å². The highest BCUT2D eigenvalue weighted by molar-refractivity contribution is 5.97. The minimum Gasteiger partial charge on any atom is -0.461 e. The third kappa shape index (κ3) is 1.87. The summed E-state index contributed by atoms with van der Waals surface area (Å²) in [6.45, 7) is 2.24. The summed E-state index contributed by atoms with van der Waals surface area (Å²) in [5.41, 5.74) is 1.28. The molecule has 94 valence electrons. The van der Waals surface area contributed by atoms with Crippen LogP contribution in [0.25, 0.3) is 11.0 Å². The number of nitrogens with zero attached hydrogens (tertiary/aromatic N) is 1. The number of hydrogen-bond acceptors (Lipinski definition) is 4. The Morgan fingerprint density at radius 3 is 3.00 bits per heavy atom. The van der Waals surface area contributed by atoms with Gasteiger partial charge in [0.25, 0.3) is 5.91 Å². The average Bonchev–Trinajstić information content (AvgIpc) is 2.92. The fourth-order valence-electron chi connectivity index (χ4n) is 2.07. The first kappa shape index (κ1) is 11.3. The van der Waals surface area contributed by atoms with Crippen LogP contribution in [0.3, 0.4) is 0 Å². The number of rotatable bonds is 1. The number of hydrogen-bond donors (Lipinski definition) is 1. The van der Waals surface area contributed by atoms with Crippen molar-refractivity contribution >= 4 is 16.9 Å². The zero-order valence-corrected chi connectivity index (χ0v) is 9.92. The van der Waals surface area contributed by atoms with Gasteiger partial charge in [0.15, 0.2) is 0 Å². The molecule has 0 unspecified atom stereocenters. The number of carbonyl (C=O) groups is 1. The molecule has 1 amide bonds. The Hall–Kier alpha value is -1.85. The van der Waals surface area contributed by atoms with Crippen molar-refractivity contribution in [1.82, 2.24) is 5.06 Å². The molecular formula is C13H13NO4. The zero-order chi connectivity index (χ0) is 12.7. The monoisotopic (exact) mass is 247 g/mol. The molecule has 0 aliphatic carbocycles. The van der Waals surface area contributed by atoms with Crippen molar-refractivity contribution < 1.29 is 19.2 Å². The first-order valence-electron chi connectivity index (χ1n) is 5.76. The summed E-state index contributed by atoms with van der Waals surface area (Å²) in [5, 5.41) is 11.4. The molecule has 0 bridgehead atoms. The third-order valence-electron chi connectivity index (χ3n) is 2.91. The molecule has 1 aromatic carbocycles.